The normalized spacial score (nSPS) is 11.1. The van der Waals surface area contributed by atoms with Gasteiger partial charge in [-0.15, -0.1) is 5.10 Å². The lowest BCUT2D eigenvalue weighted by molar-refractivity contribution is -0.114. The van der Waals surface area contributed by atoms with E-state index in [0.717, 1.165) is 16.8 Å². The summed E-state index contributed by atoms with van der Waals surface area (Å²) < 4.78 is 7.19. The highest BCUT2D eigenvalue weighted by atomic mass is 16.3. The number of rotatable bonds is 7. The van der Waals surface area contributed by atoms with Gasteiger partial charge in [-0.25, -0.2) is 4.68 Å². The largest absolute Gasteiger partial charge is 0.467 e. The van der Waals surface area contributed by atoms with Crippen LogP contribution in [0.25, 0.3) is 6.08 Å². The van der Waals surface area contributed by atoms with Gasteiger partial charge in [-0.3, -0.25) is 4.79 Å². The zero-order valence-electron chi connectivity index (χ0n) is 16.7. The maximum Gasteiger partial charge on any atom is 0.251 e. The molecule has 0 aliphatic heterocycles. The van der Waals surface area contributed by atoms with Gasteiger partial charge in [-0.1, -0.05) is 53.2 Å². The van der Waals surface area contributed by atoms with Crippen LogP contribution in [-0.4, -0.2) is 20.9 Å². The summed E-state index contributed by atoms with van der Waals surface area (Å²) in [6, 6.07) is 21.5. The number of hydrogen-bond acceptors (Lipinski definition) is 4. The van der Waals surface area contributed by atoms with Crippen molar-refractivity contribution in [3.05, 3.63) is 108 Å². The summed E-state index contributed by atoms with van der Waals surface area (Å²) in [6.07, 6.45) is 6.62. The summed E-state index contributed by atoms with van der Waals surface area (Å²) in [5.41, 5.74) is 3.70. The Kier molecular flexibility index (Phi) is 5.85. The first-order chi connectivity index (χ1) is 14.7. The zero-order valence-corrected chi connectivity index (χ0v) is 16.7. The number of carbonyl (C=O) groups is 1. The number of furan rings is 1. The summed E-state index contributed by atoms with van der Waals surface area (Å²) in [5.74, 6) is 0.555. The number of carbonyl (C=O) groups excluding carboxylic acids is 1. The second-order valence-corrected chi connectivity index (χ2v) is 7.00. The van der Waals surface area contributed by atoms with Crippen LogP contribution in [0.4, 0.5) is 5.69 Å². The fourth-order valence-corrected chi connectivity index (χ4v) is 3.06. The molecule has 0 saturated carbocycles. The molecule has 0 N–H and O–H groups in total. The average molecular weight is 398 g/mol. The molecule has 0 bridgehead atoms. The number of aromatic nitrogens is 3. The monoisotopic (exact) mass is 398 g/mol. The van der Waals surface area contributed by atoms with Crippen molar-refractivity contribution in [3.8, 4) is 0 Å². The summed E-state index contributed by atoms with van der Waals surface area (Å²) in [7, 11) is 0. The predicted octanol–water partition coefficient (Wildman–Crippen LogP) is 4.47. The fraction of sp³-hybridized carbons (Fsp3) is 0.125. The maximum atomic E-state index is 13.0. The Morgan fingerprint density at radius 3 is 2.60 bits per heavy atom. The molecule has 2 aromatic heterocycles. The van der Waals surface area contributed by atoms with Crippen molar-refractivity contribution in [2.24, 2.45) is 0 Å². The van der Waals surface area contributed by atoms with Crippen molar-refractivity contribution in [2.45, 2.75) is 20.0 Å². The minimum Gasteiger partial charge on any atom is -0.467 e. The molecular weight excluding hydrogens is 376 g/mol. The Morgan fingerprint density at radius 2 is 1.87 bits per heavy atom. The third-order valence-corrected chi connectivity index (χ3v) is 4.65. The van der Waals surface area contributed by atoms with E-state index in [9.17, 15) is 4.79 Å². The van der Waals surface area contributed by atoms with Crippen molar-refractivity contribution in [3.63, 3.8) is 0 Å². The number of amides is 1. The van der Waals surface area contributed by atoms with E-state index in [0.29, 0.717) is 24.5 Å². The van der Waals surface area contributed by atoms with Crippen LogP contribution in [0.2, 0.25) is 0 Å². The maximum absolute atomic E-state index is 13.0. The van der Waals surface area contributed by atoms with Gasteiger partial charge < -0.3 is 9.32 Å². The lowest BCUT2D eigenvalue weighted by Gasteiger charge is -2.20. The molecule has 0 unspecified atom stereocenters. The van der Waals surface area contributed by atoms with E-state index < -0.39 is 0 Å². The predicted molar refractivity (Wildman–Crippen MR) is 116 cm³/mol. The van der Waals surface area contributed by atoms with Gasteiger partial charge in [0.15, 0.2) is 0 Å². The van der Waals surface area contributed by atoms with Crippen LogP contribution < -0.4 is 4.90 Å². The SMILES string of the molecule is Cc1ccc(N(Cc2ccco2)C(=O)/C=C/c2cn(Cc3ccccc3)nn2)cc1. The quantitative estimate of drug-likeness (QED) is 0.431. The van der Waals surface area contributed by atoms with Gasteiger partial charge in [-0.2, -0.15) is 0 Å². The van der Waals surface area contributed by atoms with E-state index in [1.807, 2.05) is 79.9 Å². The molecule has 4 aromatic rings. The van der Waals surface area contributed by atoms with E-state index in [4.69, 9.17) is 4.42 Å². The van der Waals surface area contributed by atoms with Gasteiger partial charge in [0.2, 0.25) is 0 Å². The summed E-state index contributed by atoms with van der Waals surface area (Å²) in [5, 5.41) is 8.28. The topological polar surface area (TPSA) is 64.2 Å². The van der Waals surface area contributed by atoms with Gasteiger partial charge in [0.05, 0.1) is 25.5 Å². The Bertz CT molecular complexity index is 1110. The molecule has 1 amide bonds. The Balaban J connectivity index is 1.49. The third kappa shape index (κ3) is 4.91. The van der Waals surface area contributed by atoms with Gasteiger partial charge in [-0.05, 0) is 42.8 Å². The Hall–Kier alpha value is -3.93. The van der Waals surface area contributed by atoms with E-state index in [2.05, 4.69) is 10.3 Å². The van der Waals surface area contributed by atoms with Crippen LogP contribution in [0.3, 0.4) is 0 Å². The lowest BCUT2D eigenvalue weighted by Crippen LogP contribution is -2.28. The number of hydrogen-bond donors (Lipinski definition) is 0. The van der Waals surface area contributed by atoms with Gasteiger partial charge in [0, 0.05) is 11.8 Å². The molecule has 0 atom stereocenters. The molecule has 0 saturated heterocycles. The van der Waals surface area contributed by atoms with Crippen LogP contribution in [-0.2, 0) is 17.9 Å². The van der Waals surface area contributed by atoms with Crippen LogP contribution in [0.1, 0.15) is 22.6 Å². The molecule has 0 radical (unpaired) electrons. The molecule has 30 heavy (non-hydrogen) atoms. The fourth-order valence-electron chi connectivity index (χ4n) is 3.06. The molecular formula is C24H22N4O2. The number of benzene rings is 2. The Labute approximate surface area is 175 Å². The van der Waals surface area contributed by atoms with Crippen molar-refractivity contribution in [1.82, 2.24) is 15.0 Å². The number of anilines is 1. The first-order valence-electron chi connectivity index (χ1n) is 9.70. The molecule has 4 rings (SSSR count). The molecule has 0 spiro atoms. The molecule has 0 fully saturated rings. The summed E-state index contributed by atoms with van der Waals surface area (Å²) >= 11 is 0. The second kappa shape index (κ2) is 9.05. The number of nitrogens with zero attached hydrogens (tertiary/aromatic N) is 4. The van der Waals surface area contributed by atoms with E-state index in [-0.39, 0.29) is 5.91 Å². The van der Waals surface area contributed by atoms with E-state index in [1.54, 1.807) is 21.9 Å². The van der Waals surface area contributed by atoms with Gasteiger partial charge in [0.25, 0.3) is 5.91 Å². The second-order valence-electron chi connectivity index (χ2n) is 7.00. The van der Waals surface area contributed by atoms with E-state index >= 15 is 0 Å². The first-order valence-corrected chi connectivity index (χ1v) is 9.70. The highest BCUT2D eigenvalue weighted by Crippen LogP contribution is 2.19. The minimum absolute atomic E-state index is 0.159. The average Bonchev–Trinajstić information content (AvgIpc) is 3.44. The molecule has 2 aromatic carbocycles. The van der Waals surface area contributed by atoms with Crippen molar-refractivity contribution in [1.29, 1.82) is 0 Å². The standard InChI is InChI=1S/C24H22N4O2/c1-19-9-12-22(13-10-19)28(18-23-8-5-15-30-23)24(29)14-11-21-17-27(26-25-21)16-20-6-3-2-4-7-20/h2-15,17H,16,18H2,1H3/b14-11+. The van der Waals surface area contributed by atoms with Crippen LogP contribution >= 0.6 is 0 Å². The van der Waals surface area contributed by atoms with Gasteiger partial charge in [0.1, 0.15) is 11.5 Å². The highest BCUT2D eigenvalue weighted by molar-refractivity contribution is 6.03. The number of aryl methyl sites for hydroxylation is 1. The highest BCUT2D eigenvalue weighted by Gasteiger charge is 2.15. The van der Waals surface area contributed by atoms with Crippen LogP contribution in [0.15, 0.2) is 89.7 Å². The molecule has 150 valence electrons. The van der Waals surface area contributed by atoms with Crippen molar-refractivity contribution < 1.29 is 9.21 Å². The Morgan fingerprint density at radius 1 is 1.07 bits per heavy atom. The molecule has 6 nitrogen and oxygen atoms in total. The van der Waals surface area contributed by atoms with Crippen molar-refractivity contribution in [2.75, 3.05) is 4.90 Å². The first kappa shape index (κ1) is 19.4. The van der Waals surface area contributed by atoms with Crippen LogP contribution in [0, 0.1) is 6.92 Å². The van der Waals surface area contributed by atoms with Gasteiger partial charge >= 0.3 is 0 Å². The van der Waals surface area contributed by atoms with Crippen LogP contribution in [0.5, 0.6) is 0 Å². The molecule has 2 heterocycles. The smallest absolute Gasteiger partial charge is 0.251 e. The van der Waals surface area contributed by atoms with Crippen molar-refractivity contribution >= 4 is 17.7 Å². The third-order valence-electron chi connectivity index (χ3n) is 4.65. The molecule has 0 aliphatic rings. The lowest BCUT2D eigenvalue weighted by atomic mass is 10.2. The zero-order chi connectivity index (χ0) is 20.8. The van der Waals surface area contributed by atoms with E-state index in [1.165, 1.54) is 6.08 Å². The summed E-state index contributed by atoms with van der Waals surface area (Å²) in [6.45, 7) is 2.99. The minimum atomic E-state index is -0.159. The molecule has 6 heteroatoms. The summed E-state index contributed by atoms with van der Waals surface area (Å²) in [4.78, 5) is 14.6. The molecule has 0 aliphatic carbocycles.